The first kappa shape index (κ1) is 13.8. The largest absolute Gasteiger partial charge is 0.396 e. The number of epoxide rings is 2. The fourth-order valence-electron chi connectivity index (χ4n) is 0.833. The van der Waals surface area contributed by atoms with E-state index in [1.807, 2.05) is 0 Å². The normalized spacial score (nSPS) is 26.2. The first-order valence-corrected chi connectivity index (χ1v) is 5.43. The highest BCUT2D eigenvalue weighted by Crippen LogP contribution is 2.12. The molecule has 2 unspecified atom stereocenters. The van der Waals surface area contributed by atoms with Crippen LogP contribution in [0.2, 0.25) is 0 Å². The van der Waals surface area contributed by atoms with Crippen LogP contribution in [-0.2, 0) is 14.2 Å². The minimum Gasteiger partial charge on any atom is -0.396 e. The third kappa shape index (κ3) is 7.10. The maximum Gasteiger partial charge on any atom is 0.104 e. The fourth-order valence-corrected chi connectivity index (χ4v) is 0.833. The highest BCUT2D eigenvalue weighted by Gasteiger charge is 2.26. The first-order valence-electron chi connectivity index (χ1n) is 5.43. The number of hydrogen-bond donors (Lipinski definition) is 3. The van der Waals surface area contributed by atoms with Gasteiger partial charge in [0.05, 0.1) is 46.2 Å². The van der Waals surface area contributed by atoms with E-state index in [1.54, 1.807) is 0 Å². The zero-order valence-corrected chi connectivity index (χ0v) is 9.25. The van der Waals surface area contributed by atoms with Crippen molar-refractivity contribution in [3.63, 3.8) is 0 Å². The summed E-state index contributed by atoms with van der Waals surface area (Å²) in [5.41, 5.74) is 0. The van der Waals surface area contributed by atoms with Crippen molar-refractivity contribution in [3.05, 3.63) is 0 Å². The number of rotatable bonds is 7. The molecule has 2 heterocycles. The van der Waals surface area contributed by atoms with Gasteiger partial charge >= 0.3 is 0 Å². The molecule has 2 aliphatic heterocycles. The zero-order valence-electron chi connectivity index (χ0n) is 9.25. The van der Waals surface area contributed by atoms with Crippen LogP contribution in [0.15, 0.2) is 0 Å². The predicted octanol–water partition coefficient (Wildman–Crippen LogP) is -1.62. The number of aliphatic hydroxyl groups excluding tert-OH is 3. The van der Waals surface area contributed by atoms with Crippen LogP contribution in [0.1, 0.15) is 0 Å². The van der Waals surface area contributed by atoms with Crippen molar-refractivity contribution in [2.75, 3.05) is 46.2 Å². The Kier molecular flexibility index (Phi) is 6.86. The van der Waals surface area contributed by atoms with Crippen molar-refractivity contribution >= 4 is 0 Å². The van der Waals surface area contributed by atoms with Gasteiger partial charge in [-0.3, -0.25) is 0 Å². The third-order valence-corrected chi connectivity index (χ3v) is 2.19. The molecule has 2 fully saturated rings. The molecule has 2 saturated heterocycles. The Balaban J connectivity index is 0.000000168. The van der Waals surface area contributed by atoms with Gasteiger partial charge < -0.3 is 29.5 Å². The molecule has 2 rings (SSSR count). The van der Waals surface area contributed by atoms with E-state index in [1.165, 1.54) is 0 Å². The fraction of sp³-hybridized carbons (Fsp3) is 1.00. The molecule has 16 heavy (non-hydrogen) atoms. The van der Waals surface area contributed by atoms with Gasteiger partial charge in [-0.05, 0) is 0 Å². The lowest BCUT2D eigenvalue weighted by molar-refractivity contribution is 0.0969. The van der Waals surface area contributed by atoms with Gasteiger partial charge in [0.15, 0.2) is 0 Å². The smallest absolute Gasteiger partial charge is 0.104 e. The van der Waals surface area contributed by atoms with Gasteiger partial charge in [0.2, 0.25) is 0 Å². The average Bonchev–Trinajstić information content (AvgIpc) is 3.16. The number of aliphatic hydroxyl groups is 3. The summed E-state index contributed by atoms with van der Waals surface area (Å²) in [6.07, 6.45) is 0.785. The summed E-state index contributed by atoms with van der Waals surface area (Å²) in [5, 5.41) is 24.6. The maximum absolute atomic E-state index is 8.21. The molecule has 96 valence electrons. The summed E-state index contributed by atoms with van der Waals surface area (Å²) in [5.74, 6) is -0.347. The van der Waals surface area contributed by atoms with Gasteiger partial charge in [-0.2, -0.15) is 0 Å². The van der Waals surface area contributed by atoms with E-state index < -0.39 is 0 Å². The van der Waals surface area contributed by atoms with Crippen molar-refractivity contribution < 1.29 is 29.5 Å². The van der Waals surface area contributed by atoms with Gasteiger partial charge in [0.1, 0.15) is 12.2 Å². The van der Waals surface area contributed by atoms with E-state index in [-0.39, 0.29) is 25.7 Å². The molecule has 0 aromatic heterocycles. The number of ether oxygens (including phenoxy) is 3. The van der Waals surface area contributed by atoms with Crippen LogP contribution in [0.5, 0.6) is 0 Å². The van der Waals surface area contributed by atoms with Gasteiger partial charge in [0.25, 0.3) is 0 Å². The second kappa shape index (κ2) is 7.94. The molecule has 0 aromatic rings. The Morgan fingerprint density at radius 2 is 1.31 bits per heavy atom. The highest BCUT2D eigenvalue weighted by molar-refractivity contribution is 4.71. The molecule has 2 atom stereocenters. The lowest BCUT2D eigenvalue weighted by atomic mass is 10.2. The van der Waals surface area contributed by atoms with E-state index in [2.05, 4.69) is 0 Å². The average molecular weight is 236 g/mol. The van der Waals surface area contributed by atoms with Crippen LogP contribution in [0.4, 0.5) is 0 Å². The topological polar surface area (TPSA) is 95.0 Å². The van der Waals surface area contributed by atoms with Crippen LogP contribution in [0, 0.1) is 5.92 Å². The Morgan fingerprint density at radius 3 is 1.50 bits per heavy atom. The highest BCUT2D eigenvalue weighted by atomic mass is 16.6. The monoisotopic (exact) mass is 236 g/mol. The maximum atomic E-state index is 8.21. The minimum absolute atomic E-state index is 0.146. The lowest BCUT2D eigenvalue weighted by Crippen LogP contribution is -2.14. The molecule has 0 spiro atoms. The van der Waals surface area contributed by atoms with Gasteiger partial charge in [-0.25, -0.2) is 0 Å². The predicted molar refractivity (Wildman–Crippen MR) is 55.0 cm³/mol. The van der Waals surface area contributed by atoms with Crippen molar-refractivity contribution in [1.82, 2.24) is 0 Å². The molecule has 0 radical (unpaired) electrons. The molecular formula is C10H20O6. The summed E-state index contributed by atoms with van der Waals surface area (Å²) in [4.78, 5) is 0. The summed E-state index contributed by atoms with van der Waals surface area (Å²) >= 11 is 0. The molecule has 3 N–H and O–H groups in total. The molecule has 2 aliphatic rings. The standard InChI is InChI=1S/C6H10O3.C4H10O3/c1(5-3-8-5)7-2-6-4-9-6;5-1-4(2-6)3-7/h5-6H,1-4H2;4-7H,1-3H2. The summed E-state index contributed by atoms with van der Waals surface area (Å²) < 4.78 is 15.1. The first-order chi connectivity index (χ1) is 7.80. The van der Waals surface area contributed by atoms with E-state index in [9.17, 15) is 0 Å². The molecule has 0 aromatic carbocycles. The van der Waals surface area contributed by atoms with E-state index >= 15 is 0 Å². The lowest BCUT2D eigenvalue weighted by Gasteiger charge is -2.02. The minimum atomic E-state index is -0.347. The second-order valence-electron chi connectivity index (χ2n) is 3.86. The van der Waals surface area contributed by atoms with Crippen LogP contribution in [0.3, 0.4) is 0 Å². The zero-order chi connectivity index (χ0) is 11.8. The third-order valence-electron chi connectivity index (χ3n) is 2.19. The van der Waals surface area contributed by atoms with Crippen molar-refractivity contribution in [1.29, 1.82) is 0 Å². The summed E-state index contributed by atoms with van der Waals surface area (Å²) in [6, 6.07) is 0. The molecule has 0 aliphatic carbocycles. The SMILES string of the molecule is C(OCC1CO1)C1CO1.OCC(CO)CO. The van der Waals surface area contributed by atoms with Crippen LogP contribution in [0.25, 0.3) is 0 Å². The van der Waals surface area contributed by atoms with Gasteiger partial charge in [0, 0.05) is 5.92 Å². The molecular weight excluding hydrogens is 216 g/mol. The summed E-state index contributed by atoms with van der Waals surface area (Å²) in [7, 11) is 0. The van der Waals surface area contributed by atoms with Gasteiger partial charge in [-0.15, -0.1) is 0 Å². The molecule has 0 amide bonds. The number of hydrogen-bond acceptors (Lipinski definition) is 6. The van der Waals surface area contributed by atoms with E-state index in [0.717, 1.165) is 26.4 Å². The Morgan fingerprint density at radius 1 is 0.938 bits per heavy atom. The summed E-state index contributed by atoms with van der Waals surface area (Å²) in [6.45, 7) is 2.82. The van der Waals surface area contributed by atoms with Crippen LogP contribution < -0.4 is 0 Å². The molecule has 6 heteroatoms. The van der Waals surface area contributed by atoms with Crippen LogP contribution in [-0.4, -0.2) is 73.8 Å². The Labute approximate surface area is 94.7 Å². The van der Waals surface area contributed by atoms with Gasteiger partial charge in [-0.1, -0.05) is 0 Å². The molecule has 0 bridgehead atoms. The molecule has 0 saturated carbocycles. The van der Waals surface area contributed by atoms with Crippen molar-refractivity contribution in [2.45, 2.75) is 12.2 Å². The Bertz CT molecular complexity index is 147. The second-order valence-corrected chi connectivity index (χ2v) is 3.86. The van der Waals surface area contributed by atoms with Crippen LogP contribution >= 0.6 is 0 Å². The Hall–Kier alpha value is -0.240. The van der Waals surface area contributed by atoms with Crippen molar-refractivity contribution in [2.24, 2.45) is 5.92 Å². The van der Waals surface area contributed by atoms with Crippen molar-refractivity contribution in [3.8, 4) is 0 Å². The molecule has 6 nitrogen and oxygen atoms in total. The quantitative estimate of drug-likeness (QED) is 0.460. The van der Waals surface area contributed by atoms with E-state index in [0.29, 0.717) is 12.2 Å². The van der Waals surface area contributed by atoms with E-state index in [4.69, 9.17) is 29.5 Å².